The van der Waals surface area contributed by atoms with Gasteiger partial charge in [-0.1, -0.05) is 68.3 Å². The van der Waals surface area contributed by atoms with Crippen LogP contribution in [-0.2, 0) is 11.3 Å². The molecule has 0 saturated heterocycles. The minimum absolute atomic E-state index is 0.0706. The lowest BCUT2D eigenvalue weighted by Gasteiger charge is -2.34. The molecule has 1 aromatic heterocycles. The maximum Gasteiger partial charge on any atom is 0.230 e. The zero-order valence-electron chi connectivity index (χ0n) is 17.0. The van der Waals surface area contributed by atoms with Crippen molar-refractivity contribution in [1.29, 1.82) is 0 Å². The van der Waals surface area contributed by atoms with E-state index in [2.05, 4.69) is 55.0 Å². The van der Waals surface area contributed by atoms with Crippen molar-refractivity contribution >= 4 is 17.7 Å². The van der Waals surface area contributed by atoms with Gasteiger partial charge in [-0.25, -0.2) is 0 Å². The standard InChI is InChI=1S/C22H30N4OS/c1-5-12-26-21(18-10-6-8-15(2)13-18)24-25-22(26)28-14-20(27)23-19-11-7-9-16(3)17(19)4/h5-6,8,10,13,16-17,19H,1,7,9,11-12,14H2,2-4H3,(H,23,27). The van der Waals surface area contributed by atoms with E-state index in [0.717, 1.165) is 23.0 Å². The highest BCUT2D eigenvalue weighted by molar-refractivity contribution is 7.99. The fourth-order valence-corrected chi connectivity index (χ4v) is 4.61. The van der Waals surface area contributed by atoms with Crippen molar-refractivity contribution in [2.75, 3.05) is 5.75 Å². The number of hydrogen-bond acceptors (Lipinski definition) is 4. The van der Waals surface area contributed by atoms with Gasteiger partial charge in [0.05, 0.1) is 5.75 Å². The molecule has 3 unspecified atom stereocenters. The van der Waals surface area contributed by atoms with Gasteiger partial charge < -0.3 is 5.32 Å². The summed E-state index contributed by atoms with van der Waals surface area (Å²) >= 11 is 1.43. The van der Waals surface area contributed by atoms with Crippen LogP contribution in [0.5, 0.6) is 0 Å². The summed E-state index contributed by atoms with van der Waals surface area (Å²) < 4.78 is 2.02. The first kappa shape index (κ1) is 20.6. The molecule has 1 fully saturated rings. The zero-order valence-corrected chi connectivity index (χ0v) is 17.8. The Kier molecular flexibility index (Phi) is 6.94. The molecule has 0 bridgehead atoms. The maximum absolute atomic E-state index is 12.5. The SMILES string of the molecule is C=CCn1c(SCC(=O)NC2CCCC(C)C2C)nnc1-c1cccc(C)c1. The summed E-state index contributed by atoms with van der Waals surface area (Å²) in [6.45, 7) is 11.0. The summed E-state index contributed by atoms with van der Waals surface area (Å²) in [5.41, 5.74) is 2.20. The number of nitrogens with one attached hydrogen (secondary N) is 1. The highest BCUT2D eigenvalue weighted by atomic mass is 32.2. The van der Waals surface area contributed by atoms with Crippen molar-refractivity contribution in [1.82, 2.24) is 20.1 Å². The largest absolute Gasteiger partial charge is 0.352 e. The van der Waals surface area contributed by atoms with E-state index in [0.29, 0.717) is 24.1 Å². The number of carbonyl (C=O) groups is 1. The number of rotatable bonds is 7. The van der Waals surface area contributed by atoms with Crippen LogP contribution in [0.3, 0.4) is 0 Å². The van der Waals surface area contributed by atoms with E-state index in [1.807, 2.05) is 22.8 Å². The molecule has 1 aromatic carbocycles. The van der Waals surface area contributed by atoms with Crippen LogP contribution in [0.4, 0.5) is 0 Å². The molecule has 1 aliphatic carbocycles. The normalized spacial score (nSPS) is 22.0. The molecule has 150 valence electrons. The van der Waals surface area contributed by atoms with E-state index >= 15 is 0 Å². The number of allylic oxidation sites excluding steroid dienone is 1. The quantitative estimate of drug-likeness (QED) is 0.552. The number of nitrogens with zero attached hydrogens (tertiary/aromatic N) is 3. The first-order valence-corrected chi connectivity index (χ1v) is 11.0. The monoisotopic (exact) mass is 398 g/mol. The Morgan fingerprint density at radius 2 is 2.18 bits per heavy atom. The number of thioether (sulfide) groups is 1. The number of carbonyl (C=O) groups excluding carboxylic acids is 1. The van der Waals surface area contributed by atoms with E-state index in [-0.39, 0.29) is 11.9 Å². The molecule has 1 heterocycles. The van der Waals surface area contributed by atoms with Crippen LogP contribution >= 0.6 is 11.8 Å². The lowest BCUT2D eigenvalue weighted by molar-refractivity contribution is -0.120. The van der Waals surface area contributed by atoms with Gasteiger partial charge in [0.1, 0.15) is 0 Å². The molecule has 1 saturated carbocycles. The summed E-state index contributed by atoms with van der Waals surface area (Å²) in [6.07, 6.45) is 5.36. The summed E-state index contributed by atoms with van der Waals surface area (Å²) in [5, 5.41) is 12.7. The number of benzene rings is 1. The fraction of sp³-hybridized carbons (Fsp3) is 0.500. The molecule has 6 heteroatoms. The fourth-order valence-electron chi connectivity index (χ4n) is 3.85. The van der Waals surface area contributed by atoms with Gasteiger partial charge in [-0.15, -0.1) is 16.8 Å². The Balaban J connectivity index is 1.67. The molecular formula is C22H30N4OS. The van der Waals surface area contributed by atoms with Crippen LogP contribution in [-0.4, -0.2) is 32.5 Å². The molecule has 28 heavy (non-hydrogen) atoms. The Morgan fingerprint density at radius 1 is 1.36 bits per heavy atom. The van der Waals surface area contributed by atoms with E-state index in [9.17, 15) is 4.79 Å². The third kappa shape index (κ3) is 4.85. The van der Waals surface area contributed by atoms with Gasteiger partial charge in [0.15, 0.2) is 11.0 Å². The van der Waals surface area contributed by atoms with Gasteiger partial charge in [-0.2, -0.15) is 0 Å². The molecule has 1 N–H and O–H groups in total. The first-order valence-electron chi connectivity index (χ1n) is 10.0. The second kappa shape index (κ2) is 9.41. The number of amides is 1. The van der Waals surface area contributed by atoms with Crippen molar-refractivity contribution in [3.05, 3.63) is 42.5 Å². The topological polar surface area (TPSA) is 59.8 Å². The van der Waals surface area contributed by atoms with Crippen molar-refractivity contribution < 1.29 is 4.79 Å². The molecule has 2 aromatic rings. The summed E-state index contributed by atoms with van der Waals surface area (Å²) in [6, 6.07) is 8.49. The predicted octanol–water partition coefficient (Wildman–Crippen LogP) is 4.47. The van der Waals surface area contributed by atoms with Crippen LogP contribution in [0.2, 0.25) is 0 Å². The summed E-state index contributed by atoms with van der Waals surface area (Å²) in [7, 11) is 0. The highest BCUT2D eigenvalue weighted by Crippen LogP contribution is 2.30. The van der Waals surface area contributed by atoms with Gasteiger partial charge in [-0.3, -0.25) is 9.36 Å². The van der Waals surface area contributed by atoms with Gasteiger partial charge >= 0.3 is 0 Å². The molecule has 3 atom stereocenters. The third-order valence-corrected chi connectivity index (χ3v) is 6.66. The average Bonchev–Trinajstić information content (AvgIpc) is 3.07. The number of hydrogen-bond donors (Lipinski definition) is 1. The third-order valence-electron chi connectivity index (χ3n) is 5.69. The Labute approximate surface area is 172 Å². The van der Waals surface area contributed by atoms with Gasteiger partial charge in [-0.05, 0) is 31.2 Å². The van der Waals surface area contributed by atoms with Crippen LogP contribution in [0.1, 0.15) is 38.7 Å². The highest BCUT2D eigenvalue weighted by Gasteiger charge is 2.28. The molecule has 0 radical (unpaired) electrons. The molecule has 0 spiro atoms. The van der Waals surface area contributed by atoms with E-state index in [1.54, 1.807) is 0 Å². The van der Waals surface area contributed by atoms with Crippen LogP contribution < -0.4 is 5.32 Å². The molecular weight excluding hydrogens is 368 g/mol. The van der Waals surface area contributed by atoms with Gasteiger partial charge in [0.25, 0.3) is 0 Å². The van der Waals surface area contributed by atoms with Crippen molar-refractivity contribution in [3.8, 4) is 11.4 Å². The maximum atomic E-state index is 12.5. The average molecular weight is 399 g/mol. The minimum atomic E-state index is 0.0706. The van der Waals surface area contributed by atoms with E-state index in [4.69, 9.17) is 0 Å². The lowest BCUT2D eigenvalue weighted by Crippen LogP contribution is -2.44. The Hall–Kier alpha value is -2.08. The second-order valence-corrected chi connectivity index (χ2v) is 8.75. The van der Waals surface area contributed by atoms with Crippen molar-refractivity contribution in [2.24, 2.45) is 11.8 Å². The minimum Gasteiger partial charge on any atom is -0.352 e. The summed E-state index contributed by atoms with van der Waals surface area (Å²) in [4.78, 5) is 12.5. The van der Waals surface area contributed by atoms with E-state index in [1.165, 1.54) is 30.2 Å². The van der Waals surface area contributed by atoms with Gasteiger partial charge in [0, 0.05) is 18.2 Å². The molecule has 3 rings (SSSR count). The van der Waals surface area contributed by atoms with Gasteiger partial charge in [0.2, 0.25) is 5.91 Å². The van der Waals surface area contributed by atoms with Crippen molar-refractivity contribution in [2.45, 2.75) is 57.8 Å². The zero-order chi connectivity index (χ0) is 20.1. The van der Waals surface area contributed by atoms with Crippen molar-refractivity contribution in [3.63, 3.8) is 0 Å². The Bertz CT molecular complexity index is 832. The van der Waals surface area contributed by atoms with Crippen LogP contribution in [0.15, 0.2) is 42.1 Å². The lowest BCUT2D eigenvalue weighted by atomic mass is 9.78. The molecule has 5 nitrogen and oxygen atoms in total. The van der Waals surface area contributed by atoms with E-state index < -0.39 is 0 Å². The van der Waals surface area contributed by atoms with Crippen LogP contribution in [0, 0.1) is 18.8 Å². The second-order valence-electron chi connectivity index (χ2n) is 7.80. The summed E-state index contributed by atoms with van der Waals surface area (Å²) in [5.74, 6) is 2.42. The molecule has 0 aliphatic heterocycles. The molecule has 1 aliphatic rings. The predicted molar refractivity (Wildman–Crippen MR) is 115 cm³/mol. The smallest absolute Gasteiger partial charge is 0.230 e. The number of aromatic nitrogens is 3. The number of aryl methyl sites for hydroxylation is 1. The first-order chi connectivity index (χ1) is 13.5. The Morgan fingerprint density at radius 3 is 2.93 bits per heavy atom. The molecule has 1 amide bonds. The van der Waals surface area contributed by atoms with Crippen LogP contribution in [0.25, 0.3) is 11.4 Å².